The van der Waals surface area contributed by atoms with Gasteiger partial charge in [-0.25, -0.2) is 4.79 Å². The maximum absolute atomic E-state index is 12.6. The lowest BCUT2D eigenvalue weighted by atomic mass is 10.0. The second kappa shape index (κ2) is 5.75. The summed E-state index contributed by atoms with van der Waals surface area (Å²) in [7, 11) is 0. The smallest absolute Gasteiger partial charge is 0.341 e. The van der Waals surface area contributed by atoms with Crippen LogP contribution in [-0.4, -0.2) is 41.3 Å². The van der Waals surface area contributed by atoms with Crippen molar-refractivity contribution in [3.63, 3.8) is 0 Å². The summed E-state index contributed by atoms with van der Waals surface area (Å²) in [6.07, 6.45) is 2.22. The second-order valence-corrected chi connectivity index (χ2v) is 7.43. The number of carbonyl (C=O) groups is 1. The van der Waals surface area contributed by atoms with Gasteiger partial charge in [-0.1, -0.05) is 11.6 Å². The number of carboxylic acids is 1. The zero-order chi connectivity index (χ0) is 17.9. The van der Waals surface area contributed by atoms with Gasteiger partial charge in [0.2, 0.25) is 5.43 Å². The molecule has 2 aliphatic heterocycles. The molecule has 3 heterocycles. The Morgan fingerprint density at radius 1 is 1.40 bits per heavy atom. The predicted octanol–water partition coefficient (Wildman–Crippen LogP) is 2.27. The number of aromatic carboxylic acids is 1. The first-order chi connectivity index (χ1) is 11.9. The highest BCUT2D eigenvalue weighted by atomic mass is 35.5. The third-order valence-corrected chi connectivity index (χ3v) is 5.52. The number of aromatic nitrogens is 1. The monoisotopic (exact) mass is 361 g/mol. The maximum atomic E-state index is 12.6. The van der Waals surface area contributed by atoms with Gasteiger partial charge in [0.15, 0.2) is 0 Å². The van der Waals surface area contributed by atoms with Crippen LogP contribution >= 0.6 is 11.6 Å². The van der Waals surface area contributed by atoms with Crippen molar-refractivity contribution in [1.82, 2.24) is 9.88 Å². The summed E-state index contributed by atoms with van der Waals surface area (Å²) >= 11 is 6.59. The molecule has 1 aromatic heterocycles. The Morgan fingerprint density at radius 3 is 2.84 bits per heavy atom. The van der Waals surface area contributed by atoms with E-state index in [2.05, 4.69) is 17.1 Å². The Bertz CT molecular complexity index is 953. The Kier molecular flexibility index (Phi) is 3.77. The van der Waals surface area contributed by atoms with Gasteiger partial charge in [-0.05, 0) is 26.3 Å². The molecule has 7 heteroatoms. The highest BCUT2D eigenvalue weighted by Crippen LogP contribution is 2.42. The second-order valence-electron chi connectivity index (χ2n) is 7.02. The first-order valence-corrected chi connectivity index (χ1v) is 8.88. The van der Waals surface area contributed by atoms with Crippen LogP contribution in [0.15, 0.2) is 17.1 Å². The van der Waals surface area contributed by atoms with Crippen LogP contribution in [0.2, 0.25) is 5.02 Å². The van der Waals surface area contributed by atoms with Crippen LogP contribution < -0.4 is 15.6 Å². The van der Waals surface area contributed by atoms with E-state index in [4.69, 9.17) is 11.6 Å². The van der Waals surface area contributed by atoms with E-state index in [1.807, 2.05) is 11.5 Å². The number of hydrogen-bond acceptors (Lipinski definition) is 4. The standard InChI is InChI=1S/C18H20ClN3O3/c1-9-7-21(4-3-20-9)16-11-5-10(2)22-8-13(18(24)25)17(23)12(15(11)22)6-14(16)19/h6,8-10,20H,3-5,7H2,1-2H3,(H,24,25)/t9?,10-/m0/s1. The van der Waals surface area contributed by atoms with E-state index < -0.39 is 11.4 Å². The summed E-state index contributed by atoms with van der Waals surface area (Å²) in [5.74, 6) is -1.20. The van der Waals surface area contributed by atoms with E-state index in [1.54, 1.807) is 6.07 Å². The molecule has 0 bridgehead atoms. The molecule has 25 heavy (non-hydrogen) atoms. The van der Waals surface area contributed by atoms with Gasteiger partial charge in [-0.15, -0.1) is 0 Å². The van der Waals surface area contributed by atoms with Crippen LogP contribution in [0.3, 0.4) is 0 Å². The van der Waals surface area contributed by atoms with Gasteiger partial charge in [-0.2, -0.15) is 0 Å². The van der Waals surface area contributed by atoms with Gasteiger partial charge in [0.25, 0.3) is 0 Å². The fourth-order valence-electron chi connectivity index (χ4n) is 4.12. The number of benzene rings is 1. The van der Waals surface area contributed by atoms with Crippen LogP contribution in [0.5, 0.6) is 0 Å². The fraction of sp³-hybridized carbons (Fsp3) is 0.444. The molecule has 1 saturated heterocycles. The summed E-state index contributed by atoms with van der Waals surface area (Å²) in [6.45, 7) is 6.76. The van der Waals surface area contributed by atoms with Gasteiger partial charge in [0.1, 0.15) is 5.56 Å². The highest BCUT2D eigenvalue weighted by Gasteiger charge is 2.31. The SMILES string of the molecule is CC1CN(c2c(Cl)cc3c(=O)c(C(=O)O)cn4c3c2C[C@@H]4C)CCN1. The average Bonchev–Trinajstić information content (AvgIpc) is 2.87. The van der Waals surface area contributed by atoms with E-state index in [0.29, 0.717) is 16.5 Å². The van der Waals surface area contributed by atoms with Crippen molar-refractivity contribution >= 4 is 34.2 Å². The first kappa shape index (κ1) is 16.4. The summed E-state index contributed by atoms with van der Waals surface area (Å²) in [5.41, 5.74) is 2.21. The van der Waals surface area contributed by atoms with E-state index in [-0.39, 0.29) is 11.6 Å². The number of pyridine rings is 1. The van der Waals surface area contributed by atoms with E-state index in [0.717, 1.165) is 42.8 Å². The molecule has 0 amide bonds. The van der Waals surface area contributed by atoms with Crippen LogP contribution in [0.4, 0.5) is 5.69 Å². The summed E-state index contributed by atoms with van der Waals surface area (Å²) in [5, 5.41) is 13.7. The normalized spacial score (nSPS) is 22.6. The lowest BCUT2D eigenvalue weighted by molar-refractivity contribution is 0.0695. The zero-order valence-electron chi connectivity index (χ0n) is 14.2. The molecule has 1 aromatic carbocycles. The van der Waals surface area contributed by atoms with Crippen molar-refractivity contribution in [1.29, 1.82) is 0 Å². The number of nitrogens with one attached hydrogen (secondary N) is 1. The van der Waals surface area contributed by atoms with Crippen molar-refractivity contribution in [2.75, 3.05) is 24.5 Å². The summed E-state index contributed by atoms with van der Waals surface area (Å²) in [6, 6.07) is 2.10. The van der Waals surface area contributed by atoms with E-state index in [9.17, 15) is 14.7 Å². The summed E-state index contributed by atoms with van der Waals surface area (Å²) < 4.78 is 1.92. The molecule has 0 aliphatic carbocycles. The molecule has 2 aliphatic rings. The fourth-order valence-corrected chi connectivity index (χ4v) is 4.46. The minimum Gasteiger partial charge on any atom is -0.477 e. The number of anilines is 1. The van der Waals surface area contributed by atoms with Crippen LogP contribution in [0.1, 0.15) is 35.8 Å². The van der Waals surface area contributed by atoms with Crippen LogP contribution in [-0.2, 0) is 6.42 Å². The number of carboxylic acid groups (broad SMARTS) is 1. The lowest BCUT2D eigenvalue weighted by Crippen LogP contribution is -2.49. The number of piperazine rings is 1. The molecular formula is C18H20ClN3O3. The van der Waals surface area contributed by atoms with Gasteiger partial charge < -0.3 is 19.9 Å². The molecule has 0 radical (unpaired) electrons. The molecule has 0 spiro atoms. The molecule has 4 rings (SSSR count). The quantitative estimate of drug-likeness (QED) is 0.858. The summed E-state index contributed by atoms with van der Waals surface area (Å²) in [4.78, 5) is 26.3. The molecule has 0 saturated carbocycles. The molecule has 2 N–H and O–H groups in total. The first-order valence-electron chi connectivity index (χ1n) is 8.50. The van der Waals surface area contributed by atoms with Gasteiger partial charge in [0.05, 0.1) is 16.2 Å². The molecule has 1 unspecified atom stereocenters. The zero-order valence-corrected chi connectivity index (χ0v) is 14.9. The Morgan fingerprint density at radius 2 is 2.16 bits per heavy atom. The van der Waals surface area contributed by atoms with Gasteiger partial charge >= 0.3 is 5.97 Å². The van der Waals surface area contributed by atoms with Gasteiger partial charge in [-0.3, -0.25) is 4.79 Å². The van der Waals surface area contributed by atoms with Crippen molar-refractivity contribution in [2.24, 2.45) is 0 Å². The molecule has 6 nitrogen and oxygen atoms in total. The maximum Gasteiger partial charge on any atom is 0.341 e. The topological polar surface area (TPSA) is 74.6 Å². The lowest BCUT2D eigenvalue weighted by Gasteiger charge is -2.35. The molecule has 2 atom stereocenters. The number of rotatable bonds is 2. The molecule has 2 aromatic rings. The van der Waals surface area contributed by atoms with Crippen molar-refractivity contribution in [3.05, 3.63) is 38.6 Å². The van der Waals surface area contributed by atoms with E-state index >= 15 is 0 Å². The Balaban J connectivity index is 2.00. The minimum absolute atomic E-state index is 0.0914. The highest BCUT2D eigenvalue weighted by molar-refractivity contribution is 6.34. The Labute approximate surface area is 150 Å². The largest absolute Gasteiger partial charge is 0.477 e. The third kappa shape index (κ3) is 2.43. The minimum atomic E-state index is -1.20. The number of nitrogens with zero attached hydrogens (tertiary/aromatic N) is 2. The number of halogens is 1. The predicted molar refractivity (Wildman–Crippen MR) is 98.3 cm³/mol. The number of hydrogen-bond donors (Lipinski definition) is 2. The van der Waals surface area contributed by atoms with Crippen LogP contribution in [0, 0.1) is 0 Å². The molecule has 132 valence electrons. The van der Waals surface area contributed by atoms with Crippen molar-refractivity contribution in [3.8, 4) is 0 Å². The Hall–Kier alpha value is -2.05. The molecule has 1 fully saturated rings. The average molecular weight is 362 g/mol. The van der Waals surface area contributed by atoms with Crippen molar-refractivity contribution in [2.45, 2.75) is 32.4 Å². The van der Waals surface area contributed by atoms with Crippen molar-refractivity contribution < 1.29 is 9.90 Å². The molecular weight excluding hydrogens is 342 g/mol. The third-order valence-electron chi connectivity index (χ3n) is 5.23. The van der Waals surface area contributed by atoms with Crippen LogP contribution in [0.25, 0.3) is 10.9 Å². The van der Waals surface area contributed by atoms with Gasteiger partial charge in [0, 0.05) is 48.9 Å². The van der Waals surface area contributed by atoms with E-state index in [1.165, 1.54) is 6.20 Å².